The molecule has 0 aliphatic heterocycles. The maximum Gasteiger partial charge on any atom is 0.233 e. The molecular weight excluding hydrogens is 272 g/mol. The first kappa shape index (κ1) is 12.7. The van der Waals surface area contributed by atoms with E-state index in [2.05, 4.69) is 20.1 Å². The van der Waals surface area contributed by atoms with Crippen LogP contribution in [0.5, 0.6) is 0 Å². The lowest BCUT2D eigenvalue weighted by molar-refractivity contribution is -0.120. The van der Waals surface area contributed by atoms with E-state index in [4.69, 9.17) is 0 Å². The number of rotatable bonds is 6. The molecule has 3 saturated carbocycles. The van der Waals surface area contributed by atoms with E-state index in [9.17, 15) is 4.79 Å². The first-order valence-electron chi connectivity index (χ1n) is 7.64. The van der Waals surface area contributed by atoms with Crippen LogP contribution in [0.1, 0.15) is 63.2 Å². The molecule has 4 rings (SSSR count). The first-order valence-corrected chi connectivity index (χ1v) is 8.52. The van der Waals surface area contributed by atoms with Gasteiger partial charge in [0.1, 0.15) is 5.82 Å². The molecule has 0 bridgehead atoms. The molecule has 1 heterocycles. The summed E-state index contributed by atoms with van der Waals surface area (Å²) < 4.78 is 2.31. The third kappa shape index (κ3) is 2.57. The Morgan fingerprint density at radius 3 is 2.60 bits per heavy atom. The zero-order valence-corrected chi connectivity index (χ0v) is 12.5. The van der Waals surface area contributed by atoms with E-state index < -0.39 is 0 Å². The van der Waals surface area contributed by atoms with Crippen LogP contribution in [0.2, 0.25) is 0 Å². The van der Waals surface area contributed by atoms with Gasteiger partial charge in [-0.05, 0) is 45.4 Å². The number of nitrogens with zero attached hydrogens (tertiary/aromatic N) is 3. The van der Waals surface area contributed by atoms with Crippen molar-refractivity contribution in [3.63, 3.8) is 0 Å². The molecule has 1 aromatic heterocycles. The van der Waals surface area contributed by atoms with Gasteiger partial charge >= 0.3 is 0 Å². The number of aromatic nitrogens is 3. The summed E-state index contributed by atoms with van der Waals surface area (Å²) in [5.41, 5.74) is 0. The molecule has 3 aliphatic rings. The quantitative estimate of drug-likeness (QED) is 0.817. The maximum atomic E-state index is 12.1. The van der Waals surface area contributed by atoms with Crippen molar-refractivity contribution in [3.05, 3.63) is 5.82 Å². The molecule has 0 spiro atoms. The lowest BCUT2D eigenvalue weighted by Gasteiger charge is -2.12. The van der Waals surface area contributed by atoms with Gasteiger partial charge in [-0.1, -0.05) is 11.8 Å². The summed E-state index contributed by atoms with van der Waals surface area (Å²) in [5, 5.41) is 12.6. The van der Waals surface area contributed by atoms with E-state index in [1.54, 1.807) is 11.8 Å². The van der Waals surface area contributed by atoms with Crippen LogP contribution >= 0.6 is 11.8 Å². The lowest BCUT2D eigenvalue weighted by Crippen LogP contribution is -2.32. The van der Waals surface area contributed by atoms with Gasteiger partial charge in [-0.3, -0.25) is 4.79 Å². The summed E-state index contributed by atoms with van der Waals surface area (Å²) in [6, 6.07) is 1.01. The number of carbonyl (C=O) groups excluding carboxylic acids is 1. The average Bonchev–Trinajstić information content (AvgIpc) is 3.27. The number of thioether (sulfide) groups is 1. The fourth-order valence-electron chi connectivity index (χ4n) is 2.42. The van der Waals surface area contributed by atoms with E-state index in [-0.39, 0.29) is 11.2 Å². The third-order valence-corrected chi connectivity index (χ3v) is 5.18. The Morgan fingerprint density at radius 2 is 2.00 bits per heavy atom. The third-order valence-electron chi connectivity index (χ3n) is 4.12. The van der Waals surface area contributed by atoms with Gasteiger partial charge in [-0.25, -0.2) is 0 Å². The van der Waals surface area contributed by atoms with Gasteiger partial charge in [0, 0.05) is 18.0 Å². The molecule has 3 fully saturated rings. The molecule has 1 aromatic rings. The van der Waals surface area contributed by atoms with Gasteiger partial charge in [-0.15, -0.1) is 10.2 Å². The second-order valence-electron chi connectivity index (χ2n) is 6.26. The van der Waals surface area contributed by atoms with Crippen LogP contribution in [0.3, 0.4) is 0 Å². The Kier molecular flexibility index (Phi) is 3.02. The molecule has 1 N–H and O–H groups in total. The monoisotopic (exact) mass is 292 g/mol. The summed E-state index contributed by atoms with van der Waals surface area (Å²) in [4.78, 5) is 12.1. The Morgan fingerprint density at radius 1 is 1.25 bits per heavy atom. The van der Waals surface area contributed by atoms with E-state index in [1.807, 2.05) is 6.92 Å². The number of hydrogen-bond acceptors (Lipinski definition) is 4. The fourth-order valence-corrected chi connectivity index (χ4v) is 3.36. The van der Waals surface area contributed by atoms with Gasteiger partial charge in [0.15, 0.2) is 5.16 Å². The van der Waals surface area contributed by atoms with E-state index in [0.717, 1.165) is 23.8 Å². The Balaban J connectivity index is 1.48. The highest BCUT2D eigenvalue weighted by atomic mass is 32.2. The summed E-state index contributed by atoms with van der Waals surface area (Å²) in [5.74, 6) is 1.91. The van der Waals surface area contributed by atoms with Crippen molar-refractivity contribution in [3.8, 4) is 0 Å². The predicted octanol–water partition coefficient (Wildman–Crippen LogP) is 2.25. The van der Waals surface area contributed by atoms with Crippen LogP contribution in [0.15, 0.2) is 5.16 Å². The molecule has 0 aromatic carbocycles. The smallest absolute Gasteiger partial charge is 0.233 e. The molecule has 0 radical (unpaired) electrons. The summed E-state index contributed by atoms with van der Waals surface area (Å²) in [6.45, 7) is 1.96. The molecule has 0 saturated heterocycles. The molecule has 1 amide bonds. The second kappa shape index (κ2) is 4.76. The van der Waals surface area contributed by atoms with E-state index in [0.29, 0.717) is 18.0 Å². The van der Waals surface area contributed by atoms with Crippen molar-refractivity contribution >= 4 is 17.7 Å². The van der Waals surface area contributed by atoms with E-state index in [1.165, 1.54) is 25.7 Å². The molecule has 108 valence electrons. The zero-order valence-electron chi connectivity index (χ0n) is 11.7. The van der Waals surface area contributed by atoms with Crippen LogP contribution in [0.25, 0.3) is 0 Å². The zero-order chi connectivity index (χ0) is 13.7. The highest BCUT2D eigenvalue weighted by Gasteiger charge is 2.37. The highest BCUT2D eigenvalue weighted by molar-refractivity contribution is 8.00. The number of nitrogens with one attached hydrogen (secondary N) is 1. The van der Waals surface area contributed by atoms with Crippen LogP contribution in [-0.4, -0.2) is 32.0 Å². The minimum Gasteiger partial charge on any atom is -0.352 e. The Hall–Kier alpha value is -1.04. The fraction of sp³-hybridized carbons (Fsp3) is 0.786. The Labute approximate surface area is 122 Å². The molecule has 1 unspecified atom stereocenters. The molecule has 6 heteroatoms. The summed E-state index contributed by atoms with van der Waals surface area (Å²) >= 11 is 1.56. The van der Waals surface area contributed by atoms with Crippen LogP contribution in [0, 0.1) is 0 Å². The van der Waals surface area contributed by atoms with Gasteiger partial charge in [-0.2, -0.15) is 0 Å². The number of amides is 1. The minimum absolute atomic E-state index is 0.0932. The largest absolute Gasteiger partial charge is 0.352 e. The molecule has 3 aliphatic carbocycles. The lowest BCUT2D eigenvalue weighted by atomic mass is 10.4. The number of hydrogen-bond donors (Lipinski definition) is 1. The van der Waals surface area contributed by atoms with Crippen LogP contribution < -0.4 is 5.32 Å². The predicted molar refractivity (Wildman–Crippen MR) is 76.8 cm³/mol. The van der Waals surface area contributed by atoms with Gasteiger partial charge in [0.05, 0.1) is 5.25 Å². The first-order chi connectivity index (χ1) is 9.72. The minimum atomic E-state index is -0.0932. The summed E-state index contributed by atoms with van der Waals surface area (Å²) in [7, 11) is 0. The van der Waals surface area contributed by atoms with Crippen molar-refractivity contribution in [1.82, 2.24) is 20.1 Å². The van der Waals surface area contributed by atoms with E-state index >= 15 is 0 Å². The highest BCUT2D eigenvalue weighted by Crippen LogP contribution is 2.46. The van der Waals surface area contributed by atoms with Crippen molar-refractivity contribution < 1.29 is 4.79 Å². The van der Waals surface area contributed by atoms with Crippen molar-refractivity contribution in [2.45, 2.75) is 73.9 Å². The molecular formula is C14H20N4OS. The SMILES string of the molecule is CC(Sc1nnc(C2CC2)n1C1CC1)C(=O)NC1CC1. The topological polar surface area (TPSA) is 59.8 Å². The van der Waals surface area contributed by atoms with Gasteiger partial charge < -0.3 is 9.88 Å². The molecule has 20 heavy (non-hydrogen) atoms. The standard InChI is InChI=1S/C14H20N4OS/c1-8(13(19)15-10-4-5-10)20-14-17-16-12(9-2-3-9)18(14)11-6-7-11/h8-11H,2-7H2,1H3,(H,15,19). The molecule has 1 atom stereocenters. The average molecular weight is 292 g/mol. The molecule has 5 nitrogen and oxygen atoms in total. The number of carbonyl (C=O) groups is 1. The second-order valence-corrected chi connectivity index (χ2v) is 7.57. The summed E-state index contributed by atoms with van der Waals surface area (Å²) in [6.07, 6.45) is 7.21. The van der Waals surface area contributed by atoms with Crippen molar-refractivity contribution in [2.24, 2.45) is 0 Å². The van der Waals surface area contributed by atoms with Crippen molar-refractivity contribution in [1.29, 1.82) is 0 Å². The van der Waals surface area contributed by atoms with Gasteiger partial charge in [0.25, 0.3) is 0 Å². The maximum absolute atomic E-state index is 12.1. The Bertz CT molecular complexity index is 531. The van der Waals surface area contributed by atoms with Crippen molar-refractivity contribution in [2.75, 3.05) is 0 Å². The normalized spacial score (nSPS) is 23.6. The van der Waals surface area contributed by atoms with Crippen LogP contribution in [0.4, 0.5) is 0 Å². The van der Waals surface area contributed by atoms with Crippen LogP contribution in [-0.2, 0) is 4.79 Å². The van der Waals surface area contributed by atoms with Gasteiger partial charge in [0.2, 0.25) is 5.91 Å².